The van der Waals surface area contributed by atoms with E-state index in [0.29, 0.717) is 12.8 Å². The van der Waals surface area contributed by atoms with E-state index in [-0.39, 0.29) is 25.0 Å². The second-order valence-electron chi connectivity index (χ2n) is 3.99. The highest BCUT2D eigenvalue weighted by Gasteiger charge is 2.29. The van der Waals surface area contributed by atoms with E-state index in [2.05, 4.69) is 5.32 Å². The van der Waals surface area contributed by atoms with Gasteiger partial charge in [0.1, 0.15) is 6.04 Å². The number of rotatable bonds is 5. The number of hydrogen-bond acceptors (Lipinski definition) is 4. The number of nitrogens with one attached hydrogen (secondary N) is 1. The molecular formula is C10H18N2O4. The summed E-state index contributed by atoms with van der Waals surface area (Å²) in [5.41, 5.74) is 0. The molecule has 0 aromatic carbocycles. The van der Waals surface area contributed by atoms with Crippen LogP contribution in [0, 0.1) is 0 Å². The fourth-order valence-electron chi connectivity index (χ4n) is 1.72. The van der Waals surface area contributed by atoms with Crippen molar-refractivity contribution in [2.24, 2.45) is 0 Å². The molecule has 1 saturated heterocycles. The van der Waals surface area contributed by atoms with E-state index in [1.807, 2.05) is 0 Å². The number of carbonyl (C=O) groups excluding carboxylic acids is 2. The van der Waals surface area contributed by atoms with Crippen LogP contribution in [0.4, 0.5) is 0 Å². The average Bonchev–Trinajstić information content (AvgIpc) is 2.64. The van der Waals surface area contributed by atoms with E-state index in [1.165, 1.54) is 12.0 Å². The first-order valence-corrected chi connectivity index (χ1v) is 5.26. The smallest absolute Gasteiger partial charge is 0.244 e. The Morgan fingerprint density at radius 2 is 2.44 bits per heavy atom. The predicted octanol–water partition coefficient (Wildman–Crippen LogP) is -1.27. The van der Waals surface area contributed by atoms with E-state index in [1.54, 1.807) is 7.05 Å². The average molecular weight is 230 g/mol. The second kappa shape index (κ2) is 5.81. The van der Waals surface area contributed by atoms with Crippen molar-refractivity contribution in [1.82, 2.24) is 10.2 Å². The van der Waals surface area contributed by atoms with E-state index >= 15 is 0 Å². The van der Waals surface area contributed by atoms with Gasteiger partial charge in [0.15, 0.2) is 0 Å². The number of nitrogens with zero attached hydrogens (tertiary/aromatic N) is 1. The Bertz CT molecular complexity index is 270. The summed E-state index contributed by atoms with van der Waals surface area (Å²) in [7, 11) is 3.09. The van der Waals surface area contributed by atoms with Gasteiger partial charge in [0, 0.05) is 27.1 Å². The molecule has 1 aliphatic rings. The van der Waals surface area contributed by atoms with E-state index in [4.69, 9.17) is 4.74 Å². The monoisotopic (exact) mass is 230 g/mol. The zero-order chi connectivity index (χ0) is 12.1. The molecule has 1 fully saturated rings. The standard InChI is InChI=1S/C10H18N2O4/c1-12(5-7(13)6-16-2)10(15)8-3-4-9(14)11-8/h7-8,13H,3-6H2,1-2H3,(H,11,14). The largest absolute Gasteiger partial charge is 0.389 e. The van der Waals surface area contributed by atoms with Crippen molar-refractivity contribution in [3.63, 3.8) is 0 Å². The van der Waals surface area contributed by atoms with Crippen molar-refractivity contribution >= 4 is 11.8 Å². The molecule has 2 unspecified atom stereocenters. The highest BCUT2D eigenvalue weighted by Crippen LogP contribution is 2.09. The van der Waals surface area contributed by atoms with Gasteiger partial charge < -0.3 is 20.1 Å². The lowest BCUT2D eigenvalue weighted by Crippen LogP contribution is -2.45. The molecule has 92 valence electrons. The van der Waals surface area contributed by atoms with E-state index in [0.717, 1.165) is 0 Å². The number of amides is 2. The fraction of sp³-hybridized carbons (Fsp3) is 0.800. The molecule has 0 aromatic heterocycles. The number of methoxy groups -OCH3 is 1. The topological polar surface area (TPSA) is 78.9 Å². The predicted molar refractivity (Wildman–Crippen MR) is 56.7 cm³/mol. The normalized spacial score (nSPS) is 21.7. The van der Waals surface area contributed by atoms with Gasteiger partial charge in [-0.2, -0.15) is 0 Å². The summed E-state index contributed by atoms with van der Waals surface area (Å²) in [6.07, 6.45) is 0.226. The van der Waals surface area contributed by atoms with Crippen LogP contribution >= 0.6 is 0 Å². The molecule has 0 bridgehead atoms. The van der Waals surface area contributed by atoms with Crippen LogP contribution in [0.3, 0.4) is 0 Å². The van der Waals surface area contributed by atoms with Crippen LogP contribution in [0.2, 0.25) is 0 Å². The molecule has 2 N–H and O–H groups in total. The molecule has 6 heteroatoms. The molecule has 0 aliphatic carbocycles. The summed E-state index contributed by atoms with van der Waals surface area (Å²) >= 11 is 0. The van der Waals surface area contributed by atoms with Gasteiger partial charge in [-0.15, -0.1) is 0 Å². The first-order chi connectivity index (χ1) is 7.54. The van der Waals surface area contributed by atoms with Crippen molar-refractivity contribution in [3.05, 3.63) is 0 Å². The summed E-state index contributed by atoms with van der Waals surface area (Å²) in [5, 5.41) is 12.1. The van der Waals surface area contributed by atoms with Gasteiger partial charge >= 0.3 is 0 Å². The quantitative estimate of drug-likeness (QED) is 0.617. The van der Waals surface area contributed by atoms with Gasteiger partial charge in [-0.25, -0.2) is 0 Å². The summed E-state index contributed by atoms with van der Waals surface area (Å²) in [6, 6.07) is -0.438. The lowest BCUT2D eigenvalue weighted by Gasteiger charge is -2.23. The molecular weight excluding hydrogens is 212 g/mol. The minimum Gasteiger partial charge on any atom is -0.389 e. The van der Waals surface area contributed by atoms with Crippen LogP contribution < -0.4 is 5.32 Å². The Kier molecular flexibility index (Phi) is 4.70. The Hall–Kier alpha value is -1.14. The number of hydrogen-bond donors (Lipinski definition) is 2. The molecule has 1 aliphatic heterocycles. The molecule has 16 heavy (non-hydrogen) atoms. The molecule has 2 atom stereocenters. The second-order valence-corrected chi connectivity index (χ2v) is 3.99. The third-order valence-electron chi connectivity index (χ3n) is 2.51. The molecule has 2 amide bonds. The van der Waals surface area contributed by atoms with Crippen molar-refractivity contribution in [2.75, 3.05) is 27.3 Å². The molecule has 6 nitrogen and oxygen atoms in total. The zero-order valence-electron chi connectivity index (χ0n) is 9.60. The Morgan fingerprint density at radius 3 is 2.94 bits per heavy atom. The first-order valence-electron chi connectivity index (χ1n) is 5.26. The minimum absolute atomic E-state index is 0.0933. The van der Waals surface area contributed by atoms with Crippen LogP contribution in [-0.4, -0.2) is 61.3 Å². The lowest BCUT2D eigenvalue weighted by molar-refractivity contribution is -0.134. The Balaban J connectivity index is 2.38. The van der Waals surface area contributed by atoms with Crippen molar-refractivity contribution in [2.45, 2.75) is 25.0 Å². The van der Waals surface area contributed by atoms with Gasteiger partial charge in [0.25, 0.3) is 0 Å². The van der Waals surface area contributed by atoms with Crippen LogP contribution in [0.15, 0.2) is 0 Å². The fourth-order valence-corrected chi connectivity index (χ4v) is 1.72. The van der Waals surface area contributed by atoms with Gasteiger partial charge in [0.05, 0.1) is 12.7 Å². The summed E-state index contributed by atoms with van der Waals surface area (Å²) in [6.45, 7) is 0.397. The molecule has 0 aromatic rings. The summed E-state index contributed by atoms with van der Waals surface area (Å²) in [4.78, 5) is 24.2. The summed E-state index contributed by atoms with van der Waals surface area (Å²) < 4.78 is 4.77. The maximum Gasteiger partial charge on any atom is 0.244 e. The number of likely N-dealkylation sites (N-methyl/N-ethyl adjacent to an activating group) is 1. The maximum absolute atomic E-state index is 11.8. The molecule has 0 spiro atoms. The van der Waals surface area contributed by atoms with Crippen LogP contribution in [0.1, 0.15) is 12.8 Å². The number of ether oxygens (including phenoxy) is 1. The first kappa shape index (κ1) is 12.9. The molecule has 1 heterocycles. The minimum atomic E-state index is -0.698. The molecule has 0 saturated carbocycles. The third-order valence-corrected chi connectivity index (χ3v) is 2.51. The zero-order valence-corrected chi connectivity index (χ0v) is 9.60. The molecule has 0 radical (unpaired) electrons. The van der Waals surface area contributed by atoms with Gasteiger partial charge in [-0.05, 0) is 6.42 Å². The Labute approximate surface area is 94.6 Å². The number of aliphatic hydroxyl groups excluding tert-OH is 1. The van der Waals surface area contributed by atoms with Gasteiger partial charge in [-0.3, -0.25) is 9.59 Å². The molecule has 1 rings (SSSR count). The highest BCUT2D eigenvalue weighted by atomic mass is 16.5. The third kappa shape index (κ3) is 3.46. The summed E-state index contributed by atoms with van der Waals surface area (Å²) in [5.74, 6) is -0.259. The highest BCUT2D eigenvalue weighted by molar-refractivity contribution is 5.90. The van der Waals surface area contributed by atoms with Crippen molar-refractivity contribution < 1.29 is 19.4 Å². The number of aliphatic hydroxyl groups is 1. The van der Waals surface area contributed by atoms with E-state index in [9.17, 15) is 14.7 Å². The van der Waals surface area contributed by atoms with Crippen LogP contribution in [0.25, 0.3) is 0 Å². The Morgan fingerprint density at radius 1 is 1.75 bits per heavy atom. The number of carbonyl (C=O) groups is 2. The van der Waals surface area contributed by atoms with Crippen LogP contribution in [-0.2, 0) is 14.3 Å². The van der Waals surface area contributed by atoms with Crippen LogP contribution in [0.5, 0.6) is 0 Å². The SMILES string of the molecule is COCC(O)CN(C)C(=O)C1CCC(=O)N1. The van der Waals surface area contributed by atoms with Crippen molar-refractivity contribution in [1.29, 1.82) is 0 Å². The van der Waals surface area contributed by atoms with Gasteiger partial charge in [0.2, 0.25) is 11.8 Å². The van der Waals surface area contributed by atoms with Gasteiger partial charge in [-0.1, -0.05) is 0 Å². The van der Waals surface area contributed by atoms with Crippen molar-refractivity contribution in [3.8, 4) is 0 Å². The van der Waals surface area contributed by atoms with E-state index < -0.39 is 12.1 Å². The lowest BCUT2D eigenvalue weighted by atomic mass is 10.2. The maximum atomic E-state index is 11.8.